The summed E-state index contributed by atoms with van der Waals surface area (Å²) >= 11 is 0. The topological polar surface area (TPSA) is 37.6 Å². The summed E-state index contributed by atoms with van der Waals surface area (Å²) in [6.45, 7) is 7.88. The van der Waals surface area contributed by atoms with Gasteiger partial charge in [0.25, 0.3) is 0 Å². The Hall–Kier alpha value is -3.40. The van der Waals surface area contributed by atoms with Gasteiger partial charge in [0.2, 0.25) is 5.91 Å². The van der Waals surface area contributed by atoms with E-state index in [0.29, 0.717) is 6.54 Å². The van der Waals surface area contributed by atoms with Crippen molar-refractivity contribution >= 4 is 28.1 Å². The van der Waals surface area contributed by atoms with Gasteiger partial charge in [-0.25, -0.2) is 4.98 Å². The Morgan fingerprint density at radius 3 is 2.63 bits per heavy atom. The second-order valence-corrected chi connectivity index (χ2v) is 6.61. The van der Waals surface area contributed by atoms with Gasteiger partial charge in [-0.15, -0.1) is 6.58 Å². The molecule has 0 aliphatic carbocycles. The highest BCUT2D eigenvalue weighted by Crippen LogP contribution is 2.35. The van der Waals surface area contributed by atoms with Crippen LogP contribution in [0, 0.1) is 6.92 Å². The predicted octanol–water partition coefficient (Wildman–Crippen LogP) is 5.00. The predicted molar refractivity (Wildman–Crippen MR) is 111 cm³/mol. The molecule has 0 fully saturated rings. The zero-order chi connectivity index (χ0) is 19.0. The van der Waals surface area contributed by atoms with E-state index in [1.54, 1.807) is 17.9 Å². The molecular formula is C23H21N3O. The van der Waals surface area contributed by atoms with Gasteiger partial charge in [-0.05, 0) is 23.9 Å². The third kappa shape index (κ3) is 2.79. The number of aromatic nitrogens is 2. The molecule has 4 nitrogen and oxygen atoms in total. The lowest BCUT2D eigenvalue weighted by Crippen LogP contribution is -2.30. The van der Waals surface area contributed by atoms with Gasteiger partial charge in [-0.2, -0.15) is 0 Å². The Balaban J connectivity index is 2.13. The first-order valence-corrected chi connectivity index (χ1v) is 8.96. The van der Waals surface area contributed by atoms with Crippen LogP contribution in [0.2, 0.25) is 0 Å². The molecule has 0 atom stereocenters. The molecule has 0 bridgehead atoms. The second-order valence-electron chi connectivity index (χ2n) is 6.61. The summed E-state index contributed by atoms with van der Waals surface area (Å²) in [7, 11) is 0. The number of benzene rings is 2. The summed E-state index contributed by atoms with van der Waals surface area (Å²) in [4.78, 5) is 19.2. The molecule has 2 aromatic heterocycles. The Kier molecular flexibility index (Phi) is 4.24. The van der Waals surface area contributed by atoms with Crippen LogP contribution >= 0.6 is 0 Å². The van der Waals surface area contributed by atoms with E-state index < -0.39 is 0 Å². The first-order chi connectivity index (χ1) is 13.1. The van der Waals surface area contributed by atoms with Gasteiger partial charge in [0.05, 0.1) is 0 Å². The molecule has 4 rings (SSSR count). The number of carbonyl (C=O) groups excluding carboxylic acids is 1. The zero-order valence-corrected chi connectivity index (χ0v) is 15.5. The summed E-state index contributed by atoms with van der Waals surface area (Å²) in [5.74, 6) is 0.733. The maximum Gasteiger partial charge on any atom is 0.225 e. The minimum absolute atomic E-state index is 0.0420. The summed E-state index contributed by atoms with van der Waals surface area (Å²) < 4.78 is 2.01. The second kappa shape index (κ2) is 6.72. The molecule has 4 heteroatoms. The summed E-state index contributed by atoms with van der Waals surface area (Å²) in [5, 5.41) is 2.18. The van der Waals surface area contributed by atoms with Crippen molar-refractivity contribution in [3.8, 4) is 11.3 Å². The van der Waals surface area contributed by atoms with E-state index in [-0.39, 0.29) is 5.91 Å². The first-order valence-electron chi connectivity index (χ1n) is 8.96. The Bertz CT molecular complexity index is 1170. The molecule has 27 heavy (non-hydrogen) atoms. The maximum absolute atomic E-state index is 12.4. The van der Waals surface area contributed by atoms with Crippen LogP contribution in [0.1, 0.15) is 12.5 Å². The van der Waals surface area contributed by atoms with Gasteiger partial charge in [0.15, 0.2) is 0 Å². The molecule has 0 spiro atoms. The van der Waals surface area contributed by atoms with E-state index >= 15 is 0 Å². The van der Waals surface area contributed by atoms with Gasteiger partial charge in [-0.1, -0.05) is 54.6 Å². The summed E-state index contributed by atoms with van der Waals surface area (Å²) in [5.41, 5.74) is 3.79. The van der Waals surface area contributed by atoms with E-state index in [1.165, 1.54) is 0 Å². The fourth-order valence-electron chi connectivity index (χ4n) is 3.53. The number of aryl methyl sites for hydroxylation is 1. The van der Waals surface area contributed by atoms with E-state index in [2.05, 4.69) is 43.8 Å². The molecule has 0 radical (unpaired) electrons. The van der Waals surface area contributed by atoms with Crippen molar-refractivity contribution in [1.82, 2.24) is 9.38 Å². The number of carbonyl (C=O) groups is 1. The monoisotopic (exact) mass is 355 g/mol. The van der Waals surface area contributed by atoms with Crippen LogP contribution in [-0.4, -0.2) is 21.8 Å². The van der Waals surface area contributed by atoms with Crippen LogP contribution in [0.25, 0.3) is 27.7 Å². The van der Waals surface area contributed by atoms with Crippen LogP contribution in [0.3, 0.4) is 0 Å². The molecule has 1 amide bonds. The molecule has 2 heterocycles. The largest absolute Gasteiger partial charge is 0.292 e. The SMILES string of the molecule is C=CCN(C(C)=O)c1c(-c2ccccc2C)nc2c3ccccc3ccn12. The fourth-order valence-corrected chi connectivity index (χ4v) is 3.53. The number of rotatable bonds is 4. The normalized spacial score (nSPS) is 11.0. The summed E-state index contributed by atoms with van der Waals surface area (Å²) in [6, 6.07) is 18.3. The molecule has 0 saturated carbocycles. The smallest absolute Gasteiger partial charge is 0.225 e. The third-order valence-electron chi connectivity index (χ3n) is 4.84. The number of anilines is 1. The molecule has 0 saturated heterocycles. The molecule has 2 aromatic carbocycles. The molecule has 0 aliphatic rings. The number of hydrogen-bond acceptors (Lipinski definition) is 2. The fraction of sp³-hybridized carbons (Fsp3) is 0.130. The van der Waals surface area contributed by atoms with Crippen LogP contribution in [0.4, 0.5) is 5.82 Å². The lowest BCUT2D eigenvalue weighted by molar-refractivity contribution is -0.116. The van der Waals surface area contributed by atoms with Gasteiger partial charge < -0.3 is 0 Å². The minimum Gasteiger partial charge on any atom is -0.292 e. The van der Waals surface area contributed by atoms with Crippen molar-refractivity contribution in [2.45, 2.75) is 13.8 Å². The molecule has 0 N–H and O–H groups in total. The van der Waals surface area contributed by atoms with Crippen LogP contribution in [0.15, 0.2) is 73.4 Å². The molecule has 0 aliphatic heterocycles. The van der Waals surface area contributed by atoms with Crippen molar-refractivity contribution in [3.05, 3.63) is 79.0 Å². The lowest BCUT2D eigenvalue weighted by atomic mass is 10.1. The van der Waals surface area contributed by atoms with Crippen molar-refractivity contribution in [2.75, 3.05) is 11.4 Å². The van der Waals surface area contributed by atoms with Crippen molar-refractivity contribution in [2.24, 2.45) is 0 Å². The quantitative estimate of drug-likeness (QED) is 0.483. The number of nitrogens with zero attached hydrogens (tertiary/aromatic N) is 3. The molecular weight excluding hydrogens is 334 g/mol. The lowest BCUT2D eigenvalue weighted by Gasteiger charge is -2.21. The number of amides is 1. The van der Waals surface area contributed by atoms with Gasteiger partial charge >= 0.3 is 0 Å². The Labute approximate surface area is 158 Å². The molecule has 4 aromatic rings. The van der Waals surface area contributed by atoms with E-state index in [4.69, 9.17) is 4.98 Å². The first kappa shape index (κ1) is 17.0. The standard InChI is InChI=1S/C23H21N3O/c1-4-14-25(17(3)27)23-21(19-11-7-5-9-16(19)2)24-22-20-12-8-6-10-18(20)13-15-26(22)23/h4-13,15H,1,14H2,2-3H3. The van der Waals surface area contributed by atoms with E-state index in [9.17, 15) is 4.79 Å². The number of imidazole rings is 1. The highest BCUT2D eigenvalue weighted by Gasteiger charge is 2.23. The number of hydrogen-bond donors (Lipinski definition) is 0. The number of fused-ring (bicyclic) bond motifs is 3. The van der Waals surface area contributed by atoms with Crippen molar-refractivity contribution in [1.29, 1.82) is 0 Å². The third-order valence-corrected chi connectivity index (χ3v) is 4.84. The van der Waals surface area contributed by atoms with Crippen molar-refractivity contribution in [3.63, 3.8) is 0 Å². The summed E-state index contributed by atoms with van der Waals surface area (Å²) in [6.07, 6.45) is 3.73. The Morgan fingerprint density at radius 1 is 1.15 bits per heavy atom. The Morgan fingerprint density at radius 2 is 1.89 bits per heavy atom. The minimum atomic E-state index is -0.0420. The van der Waals surface area contributed by atoms with Crippen molar-refractivity contribution < 1.29 is 4.79 Å². The van der Waals surface area contributed by atoms with Crippen LogP contribution in [-0.2, 0) is 4.79 Å². The molecule has 134 valence electrons. The number of pyridine rings is 1. The van der Waals surface area contributed by atoms with E-state index in [0.717, 1.165) is 39.1 Å². The van der Waals surface area contributed by atoms with Crippen LogP contribution < -0.4 is 4.90 Å². The highest BCUT2D eigenvalue weighted by molar-refractivity contribution is 6.00. The maximum atomic E-state index is 12.4. The van der Waals surface area contributed by atoms with E-state index in [1.807, 2.05) is 34.9 Å². The highest BCUT2D eigenvalue weighted by atomic mass is 16.2. The van der Waals surface area contributed by atoms with Gasteiger partial charge in [0.1, 0.15) is 17.2 Å². The zero-order valence-electron chi connectivity index (χ0n) is 15.5. The molecule has 0 unspecified atom stereocenters. The average molecular weight is 355 g/mol. The van der Waals surface area contributed by atoms with Gasteiger partial charge in [0, 0.05) is 30.6 Å². The van der Waals surface area contributed by atoms with Gasteiger partial charge in [-0.3, -0.25) is 14.1 Å². The average Bonchev–Trinajstić information content (AvgIpc) is 3.05. The van der Waals surface area contributed by atoms with Crippen LogP contribution in [0.5, 0.6) is 0 Å².